The van der Waals surface area contributed by atoms with Crippen molar-refractivity contribution < 1.29 is 24.1 Å². The first-order valence-electron chi connectivity index (χ1n) is 7.18. The van der Waals surface area contributed by atoms with Crippen LogP contribution in [0.4, 0.5) is 4.79 Å². The molecule has 2 aliphatic rings. The average molecular weight is 287 g/mol. The number of ether oxygens (including phenoxy) is 3. The van der Waals surface area contributed by atoms with Crippen molar-refractivity contribution in [2.24, 2.45) is 0 Å². The Balaban J connectivity index is 1.87. The molecule has 0 aliphatic carbocycles. The van der Waals surface area contributed by atoms with Crippen molar-refractivity contribution in [1.29, 1.82) is 0 Å². The normalized spacial score (nSPS) is 26.6. The van der Waals surface area contributed by atoms with Crippen LogP contribution < -0.4 is 0 Å². The monoisotopic (exact) mass is 287 g/mol. The van der Waals surface area contributed by atoms with E-state index in [2.05, 4.69) is 0 Å². The Kier molecular flexibility index (Phi) is 4.56. The summed E-state index contributed by atoms with van der Waals surface area (Å²) in [5, 5.41) is 9.18. The molecule has 0 aromatic carbocycles. The van der Waals surface area contributed by atoms with E-state index in [0.717, 1.165) is 0 Å². The lowest BCUT2D eigenvalue weighted by Crippen LogP contribution is -2.56. The highest BCUT2D eigenvalue weighted by Crippen LogP contribution is 2.31. The van der Waals surface area contributed by atoms with Crippen molar-refractivity contribution in [2.45, 2.75) is 50.9 Å². The summed E-state index contributed by atoms with van der Waals surface area (Å²) in [5.41, 5.74) is -0.831. The number of carbonyl (C=O) groups is 1. The molecule has 0 aromatic rings. The zero-order chi connectivity index (χ0) is 14.8. The van der Waals surface area contributed by atoms with Gasteiger partial charge in [-0.3, -0.25) is 0 Å². The lowest BCUT2D eigenvalue weighted by molar-refractivity contribution is -0.221. The summed E-state index contributed by atoms with van der Waals surface area (Å²) in [6.45, 7) is 7.71. The summed E-state index contributed by atoms with van der Waals surface area (Å²) in [6, 6.07) is 0. The fourth-order valence-electron chi connectivity index (χ4n) is 2.57. The quantitative estimate of drug-likeness (QED) is 0.784. The zero-order valence-electron chi connectivity index (χ0n) is 12.6. The van der Waals surface area contributed by atoms with E-state index < -0.39 is 5.60 Å². The molecule has 116 valence electrons. The van der Waals surface area contributed by atoms with Gasteiger partial charge in [0.2, 0.25) is 0 Å². The summed E-state index contributed by atoms with van der Waals surface area (Å²) in [5.74, 6) is 0. The van der Waals surface area contributed by atoms with Crippen molar-refractivity contribution in [3.05, 3.63) is 0 Å². The van der Waals surface area contributed by atoms with Gasteiger partial charge in [0.25, 0.3) is 0 Å². The Bertz CT molecular complexity index is 344. The van der Waals surface area contributed by atoms with Gasteiger partial charge in [-0.1, -0.05) is 0 Å². The largest absolute Gasteiger partial charge is 0.444 e. The van der Waals surface area contributed by atoms with Crippen molar-refractivity contribution in [1.82, 2.24) is 4.90 Å². The van der Waals surface area contributed by atoms with Gasteiger partial charge in [0.15, 0.2) is 0 Å². The second-order valence-electron chi connectivity index (χ2n) is 6.59. The number of likely N-dealkylation sites (tertiary alicyclic amines) is 1. The fourth-order valence-corrected chi connectivity index (χ4v) is 2.57. The number of hydrogen-bond acceptors (Lipinski definition) is 5. The van der Waals surface area contributed by atoms with Crippen molar-refractivity contribution in [3.8, 4) is 0 Å². The van der Waals surface area contributed by atoms with Gasteiger partial charge >= 0.3 is 6.09 Å². The molecule has 2 rings (SSSR count). The first kappa shape index (κ1) is 15.5. The molecule has 2 heterocycles. The third-order valence-electron chi connectivity index (χ3n) is 3.62. The van der Waals surface area contributed by atoms with E-state index in [4.69, 9.17) is 14.2 Å². The summed E-state index contributed by atoms with van der Waals surface area (Å²) in [6.07, 6.45) is 0.894. The minimum absolute atomic E-state index is 0.0302. The highest BCUT2D eigenvalue weighted by Gasteiger charge is 2.42. The Morgan fingerprint density at radius 3 is 2.60 bits per heavy atom. The molecule has 2 saturated heterocycles. The molecular weight excluding hydrogens is 262 g/mol. The summed E-state index contributed by atoms with van der Waals surface area (Å²) in [7, 11) is 0. The standard InChI is InChI=1S/C14H25NO5/c1-13(2,3)20-12(17)15-6-4-14(5-7-15)10-18-9-11(8-16)19-14/h11,16H,4-10H2,1-3H3. The van der Waals surface area contributed by atoms with E-state index >= 15 is 0 Å². The van der Waals surface area contributed by atoms with E-state index in [1.165, 1.54) is 0 Å². The maximum absolute atomic E-state index is 12.0. The number of nitrogens with zero attached hydrogens (tertiary/aromatic N) is 1. The summed E-state index contributed by atoms with van der Waals surface area (Å²) in [4.78, 5) is 13.7. The predicted octanol–water partition coefficient (Wildman–Crippen LogP) is 1.16. The second-order valence-corrected chi connectivity index (χ2v) is 6.59. The highest BCUT2D eigenvalue weighted by atomic mass is 16.6. The van der Waals surface area contributed by atoms with Crippen molar-refractivity contribution in [3.63, 3.8) is 0 Å². The van der Waals surface area contributed by atoms with E-state index in [1.54, 1.807) is 4.90 Å². The van der Waals surface area contributed by atoms with Gasteiger partial charge in [-0.05, 0) is 33.6 Å². The topological polar surface area (TPSA) is 68.2 Å². The molecule has 1 N–H and O–H groups in total. The van der Waals surface area contributed by atoms with Crippen molar-refractivity contribution in [2.75, 3.05) is 32.9 Å². The SMILES string of the molecule is CC(C)(C)OC(=O)N1CCC2(CC1)COCC(CO)O2. The van der Waals surface area contributed by atoms with Crippen molar-refractivity contribution >= 4 is 6.09 Å². The maximum Gasteiger partial charge on any atom is 0.410 e. The van der Waals surface area contributed by atoms with E-state index in [-0.39, 0.29) is 24.4 Å². The van der Waals surface area contributed by atoms with Crippen LogP contribution >= 0.6 is 0 Å². The van der Waals surface area contributed by atoms with Crippen LogP contribution in [0.1, 0.15) is 33.6 Å². The first-order chi connectivity index (χ1) is 9.34. The fraction of sp³-hybridized carbons (Fsp3) is 0.929. The number of amides is 1. The van der Waals surface area contributed by atoms with Crippen LogP contribution in [0, 0.1) is 0 Å². The first-order valence-corrected chi connectivity index (χ1v) is 7.18. The van der Waals surface area contributed by atoms with Crippen LogP contribution in [-0.4, -0.2) is 66.3 Å². The van der Waals surface area contributed by atoms with Gasteiger partial charge in [0, 0.05) is 13.1 Å². The molecule has 0 bridgehead atoms. The van der Waals surface area contributed by atoms with E-state index in [1.807, 2.05) is 20.8 Å². The Hall–Kier alpha value is -0.850. The molecular formula is C14H25NO5. The third-order valence-corrected chi connectivity index (χ3v) is 3.62. The van der Waals surface area contributed by atoms with Gasteiger partial charge < -0.3 is 24.2 Å². The Morgan fingerprint density at radius 1 is 1.40 bits per heavy atom. The molecule has 2 fully saturated rings. The van der Waals surface area contributed by atoms with Gasteiger partial charge in [0.1, 0.15) is 11.7 Å². The van der Waals surface area contributed by atoms with Crippen LogP contribution in [-0.2, 0) is 14.2 Å². The van der Waals surface area contributed by atoms with E-state index in [0.29, 0.717) is 39.1 Å². The number of aliphatic hydroxyl groups is 1. The van der Waals surface area contributed by atoms with Gasteiger partial charge in [0.05, 0.1) is 25.4 Å². The second kappa shape index (κ2) is 5.87. The van der Waals surface area contributed by atoms with Crippen LogP contribution in [0.5, 0.6) is 0 Å². The Morgan fingerprint density at radius 2 is 2.05 bits per heavy atom. The molecule has 1 atom stereocenters. The summed E-state index contributed by atoms with van der Waals surface area (Å²) >= 11 is 0. The van der Waals surface area contributed by atoms with Crippen LogP contribution in [0.25, 0.3) is 0 Å². The van der Waals surface area contributed by atoms with Gasteiger partial charge in [-0.15, -0.1) is 0 Å². The molecule has 6 heteroatoms. The number of carbonyl (C=O) groups excluding carboxylic acids is 1. The molecule has 20 heavy (non-hydrogen) atoms. The molecule has 0 saturated carbocycles. The smallest absolute Gasteiger partial charge is 0.410 e. The number of hydrogen-bond donors (Lipinski definition) is 1. The van der Waals surface area contributed by atoms with Crippen LogP contribution in [0.15, 0.2) is 0 Å². The summed E-state index contributed by atoms with van der Waals surface area (Å²) < 4.78 is 16.8. The van der Waals surface area contributed by atoms with Crippen LogP contribution in [0.2, 0.25) is 0 Å². The highest BCUT2D eigenvalue weighted by molar-refractivity contribution is 5.68. The molecule has 2 aliphatic heterocycles. The van der Waals surface area contributed by atoms with E-state index in [9.17, 15) is 9.90 Å². The van der Waals surface area contributed by atoms with Crippen LogP contribution in [0.3, 0.4) is 0 Å². The zero-order valence-corrected chi connectivity index (χ0v) is 12.6. The molecule has 1 spiro atoms. The third kappa shape index (κ3) is 3.84. The lowest BCUT2D eigenvalue weighted by Gasteiger charge is -2.45. The number of rotatable bonds is 1. The lowest BCUT2D eigenvalue weighted by atomic mass is 9.91. The molecule has 1 amide bonds. The van der Waals surface area contributed by atoms with Gasteiger partial charge in [-0.25, -0.2) is 4.79 Å². The molecule has 0 radical (unpaired) electrons. The average Bonchev–Trinajstić information content (AvgIpc) is 2.37. The predicted molar refractivity (Wildman–Crippen MR) is 72.5 cm³/mol. The number of aliphatic hydroxyl groups excluding tert-OH is 1. The molecule has 0 aromatic heterocycles. The van der Waals surface area contributed by atoms with Gasteiger partial charge in [-0.2, -0.15) is 0 Å². The maximum atomic E-state index is 12.0. The minimum Gasteiger partial charge on any atom is -0.444 e. The number of piperidine rings is 1. The minimum atomic E-state index is -0.474. The Labute approximate surface area is 120 Å². The molecule has 6 nitrogen and oxygen atoms in total. The molecule has 1 unspecified atom stereocenters.